The maximum absolute atomic E-state index is 9.82. The molecule has 1 aromatic rings. The molecule has 0 unspecified atom stereocenters. The van der Waals surface area contributed by atoms with Gasteiger partial charge in [0.15, 0.2) is 0 Å². The summed E-state index contributed by atoms with van der Waals surface area (Å²) in [7, 11) is 0. The molecular formula is C13H18O8. The first-order valence-electron chi connectivity index (χ1n) is 6.37. The Kier molecular flexibility index (Phi) is 4.99. The minimum atomic E-state index is -1.55. The molecule has 21 heavy (non-hydrogen) atoms. The number of rotatable bonds is 4. The Balaban J connectivity index is 2.16. The lowest BCUT2D eigenvalue weighted by Crippen LogP contribution is -2.60. The van der Waals surface area contributed by atoms with E-state index in [1.54, 1.807) is 0 Å². The van der Waals surface area contributed by atoms with Gasteiger partial charge < -0.3 is 40.1 Å². The van der Waals surface area contributed by atoms with Crippen molar-refractivity contribution in [1.29, 1.82) is 0 Å². The number of phenols is 1. The van der Waals surface area contributed by atoms with Crippen LogP contribution in [-0.4, -0.2) is 68.0 Å². The Labute approximate surface area is 120 Å². The number of hydrogen-bond acceptors (Lipinski definition) is 8. The third kappa shape index (κ3) is 3.43. The number of hydrogen-bond donors (Lipinski definition) is 6. The zero-order chi connectivity index (χ0) is 15.6. The molecular weight excluding hydrogens is 284 g/mol. The molecule has 2 rings (SSSR count). The van der Waals surface area contributed by atoms with Gasteiger partial charge in [-0.3, -0.25) is 0 Å². The summed E-state index contributed by atoms with van der Waals surface area (Å²) in [5, 5.41) is 56.7. The number of ether oxygens (including phenoxy) is 2. The molecule has 0 radical (unpaired) electrons. The molecule has 0 bridgehead atoms. The van der Waals surface area contributed by atoms with Crippen LogP contribution in [0, 0.1) is 0 Å². The van der Waals surface area contributed by atoms with E-state index in [1.807, 2.05) is 0 Å². The number of aliphatic hydroxyl groups is 5. The molecule has 0 saturated carbocycles. The highest BCUT2D eigenvalue weighted by Crippen LogP contribution is 2.27. The van der Waals surface area contributed by atoms with Gasteiger partial charge in [-0.15, -0.1) is 0 Å². The van der Waals surface area contributed by atoms with E-state index >= 15 is 0 Å². The monoisotopic (exact) mass is 302 g/mol. The van der Waals surface area contributed by atoms with Crippen molar-refractivity contribution in [3.05, 3.63) is 23.8 Å². The van der Waals surface area contributed by atoms with Crippen LogP contribution in [0.15, 0.2) is 18.2 Å². The van der Waals surface area contributed by atoms with Crippen molar-refractivity contribution in [3.63, 3.8) is 0 Å². The van der Waals surface area contributed by atoms with Crippen molar-refractivity contribution < 1.29 is 40.1 Å². The Hall–Kier alpha value is -1.42. The van der Waals surface area contributed by atoms with Gasteiger partial charge in [-0.1, -0.05) is 0 Å². The first-order valence-corrected chi connectivity index (χ1v) is 6.37. The van der Waals surface area contributed by atoms with Crippen LogP contribution in [0.1, 0.15) is 5.56 Å². The van der Waals surface area contributed by atoms with Crippen molar-refractivity contribution in [2.75, 3.05) is 6.61 Å². The summed E-state index contributed by atoms with van der Waals surface area (Å²) in [6.07, 6.45) is -6.97. The van der Waals surface area contributed by atoms with Crippen LogP contribution in [0.5, 0.6) is 11.5 Å². The molecule has 5 atom stereocenters. The molecule has 1 aliphatic heterocycles. The van der Waals surface area contributed by atoms with E-state index in [2.05, 4.69) is 0 Å². The van der Waals surface area contributed by atoms with Gasteiger partial charge in [0, 0.05) is 6.07 Å². The lowest BCUT2D eigenvalue weighted by atomic mass is 9.99. The largest absolute Gasteiger partial charge is 0.508 e. The Bertz CT molecular complexity index is 477. The van der Waals surface area contributed by atoms with E-state index in [0.29, 0.717) is 5.56 Å². The summed E-state index contributed by atoms with van der Waals surface area (Å²) >= 11 is 0. The predicted octanol–water partition coefficient (Wildman–Crippen LogP) is -1.94. The second-order valence-electron chi connectivity index (χ2n) is 4.81. The minimum Gasteiger partial charge on any atom is -0.508 e. The number of benzene rings is 1. The Morgan fingerprint density at radius 3 is 2.33 bits per heavy atom. The van der Waals surface area contributed by atoms with Crippen LogP contribution in [0.25, 0.3) is 0 Å². The molecule has 1 aliphatic rings. The Morgan fingerprint density at radius 1 is 1.00 bits per heavy atom. The minimum absolute atomic E-state index is 0.100. The fourth-order valence-corrected chi connectivity index (χ4v) is 2.10. The molecule has 0 amide bonds. The number of phenolic OH excluding ortho intramolecular Hbond substituents is 1. The molecule has 1 saturated heterocycles. The first-order chi connectivity index (χ1) is 9.96. The van der Waals surface area contributed by atoms with Crippen molar-refractivity contribution in [1.82, 2.24) is 0 Å². The molecule has 0 aromatic heterocycles. The van der Waals surface area contributed by atoms with Crippen LogP contribution in [0.4, 0.5) is 0 Å². The highest BCUT2D eigenvalue weighted by Gasteiger charge is 2.44. The SMILES string of the molecule is OCc1cc(O)cc(O[C@@H]2O[C@H](CO)[C@@H](O)[C@H](O)[C@H]2O)c1. The zero-order valence-electron chi connectivity index (χ0n) is 11.0. The van der Waals surface area contributed by atoms with Crippen molar-refractivity contribution in [2.24, 2.45) is 0 Å². The second-order valence-corrected chi connectivity index (χ2v) is 4.81. The van der Waals surface area contributed by atoms with Gasteiger partial charge in [0.25, 0.3) is 0 Å². The highest BCUT2D eigenvalue weighted by atomic mass is 16.7. The predicted molar refractivity (Wildman–Crippen MR) is 68.4 cm³/mol. The molecule has 1 aromatic carbocycles. The van der Waals surface area contributed by atoms with Gasteiger partial charge in [0.2, 0.25) is 6.29 Å². The molecule has 8 heteroatoms. The van der Waals surface area contributed by atoms with E-state index in [-0.39, 0.29) is 18.1 Å². The van der Waals surface area contributed by atoms with Gasteiger partial charge in [-0.25, -0.2) is 0 Å². The van der Waals surface area contributed by atoms with Crippen LogP contribution in [0.2, 0.25) is 0 Å². The molecule has 1 fully saturated rings. The molecule has 6 N–H and O–H groups in total. The van der Waals surface area contributed by atoms with Crippen LogP contribution < -0.4 is 4.74 Å². The molecule has 0 spiro atoms. The lowest BCUT2D eigenvalue weighted by molar-refractivity contribution is -0.277. The normalized spacial score (nSPS) is 32.9. The van der Waals surface area contributed by atoms with Gasteiger partial charge in [0.1, 0.15) is 35.9 Å². The molecule has 118 valence electrons. The summed E-state index contributed by atoms with van der Waals surface area (Å²) in [4.78, 5) is 0. The zero-order valence-corrected chi connectivity index (χ0v) is 11.0. The Morgan fingerprint density at radius 2 is 1.71 bits per heavy atom. The van der Waals surface area contributed by atoms with Crippen LogP contribution in [0.3, 0.4) is 0 Å². The fourth-order valence-electron chi connectivity index (χ4n) is 2.10. The van der Waals surface area contributed by atoms with E-state index in [1.165, 1.54) is 18.2 Å². The third-order valence-electron chi connectivity index (χ3n) is 3.23. The van der Waals surface area contributed by atoms with Gasteiger partial charge in [-0.2, -0.15) is 0 Å². The van der Waals surface area contributed by atoms with Gasteiger partial charge in [0.05, 0.1) is 13.2 Å². The average molecular weight is 302 g/mol. The summed E-state index contributed by atoms with van der Waals surface area (Å²) in [5.74, 6) is -0.0514. The summed E-state index contributed by atoms with van der Waals surface area (Å²) in [5.41, 5.74) is 0.384. The number of aliphatic hydroxyl groups excluding tert-OH is 5. The maximum Gasteiger partial charge on any atom is 0.229 e. The third-order valence-corrected chi connectivity index (χ3v) is 3.23. The first kappa shape index (κ1) is 16.0. The average Bonchev–Trinajstić information content (AvgIpc) is 2.47. The topological polar surface area (TPSA) is 140 Å². The van der Waals surface area contributed by atoms with Crippen LogP contribution >= 0.6 is 0 Å². The summed E-state index contributed by atoms with van der Waals surface area (Å²) < 4.78 is 10.5. The smallest absolute Gasteiger partial charge is 0.229 e. The fraction of sp³-hybridized carbons (Fsp3) is 0.538. The number of aromatic hydroxyl groups is 1. The van der Waals surface area contributed by atoms with Crippen LogP contribution in [-0.2, 0) is 11.3 Å². The second kappa shape index (κ2) is 6.56. The van der Waals surface area contributed by atoms with E-state index < -0.39 is 37.3 Å². The van der Waals surface area contributed by atoms with Crippen molar-refractivity contribution in [2.45, 2.75) is 37.3 Å². The van der Waals surface area contributed by atoms with Crippen molar-refractivity contribution >= 4 is 0 Å². The lowest BCUT2D eigenvalue weighted by Gasteiger charge is -2.39. The van der Waals surface area contributed by atoms with Gasteiger partial charge in [-0.05, 0) is 17.7 Å². The quantitative estimate of drug-likeness (QED) is 0.378. The maximum atomic E-state index is 9.82. The molecule has 0 aliphatic carbocycles. The van der Waals surface area contributed by atoms with Crippen molar-refractivity contribution in [3.8, 4) is 11.5 Å². The van der Waals surface area contributed by atoms with E-state index in [0.717, 1.165) is 0 Å². The standard InChI is InChI=1S/C13H18O8/c14-4-6-1-7(16)3-8(2-6)20-13-12(19)11(18)10(17)9(5-15)21-13/h1-3,9-19H,4-5H2/t9-,10-,11+,12-,13-/m1/s1. The molecule has 1 heterocycles. The van der Waals surface area contributed by atoms with E-state index in [4.69, 9.17) is 19.7 Å². The van der Waals surface area contributed by atoms with E-state index in [9.17, 15) is 20.4 Å². The van der Waals surface area contributed by atoms with Gasteiger partial charge >= 0.3 is 0 Å². The molecule has 8 nitrogen and oxygen atoms in total. The summed E-state index contributed by atoms with van der Waals surface area (Å²) in [6, 6.07) is 3.99. The highest BCUT2D eigenvalue weighted by molar-refractivity contribution is 5.37. The summed E-state index contributed by atoms with van der Waals surface area (Å²) in [6.45, 7) is -0.883.